The molecule has 0 bridgehead atoms. The third-order valence-corrected chi connectivity index (χ3v) is 3.48. The number of carbonyl (C=O) groups is 1. The molecule has 0 spiro atoms. The van der Waals surface area contributed by atoms with Crippen molar-refractivity contribution in [1.29, 1.82) is 0 Å². The average molecular weight is 322 g/mol. The van der Waals surface area contributed by atoms with Gasteiger partial charge in [-0.1, -0.05) is 41.5 Å². The van der Waals surface area contributed by atoms with E-state index >= 15 is 0 Å². The molecule has 2 rings (SSSR count). The summed E-state index contributed by atoms with van der Waals surface area (Å²) in [6.45, 7) is 6.42. The van der Waals surface area contributed by atoms with E-state index in [-0.39, 0.29) is 17.1 Å². The predicted octanol–water partition coefficient (Wildman–Crippen LogP) is 4.94. The summed E-state index contributed by atoms with van der Waals surface area (Å²) in [6.07, 6.45) is 5.14. The third-order valence-electron chi connectivity index (χ3n) is 3.48. The van der Waals surface area contributed by atoms with Crippen LogP contribution in [0.2, 0.25) is 0 Å². The summed E-state index contributed by atoms with van der Waals surface area (Å²) >= 11 is 0. The quantitative estimate of drug-likeness (QED) is 0.465. The van der Waals surface area contributed by atoms with Gasteiger partial charge in [-0.25, -0.2) is 0 Å². The number of ketones is 1. The van der Waals surface area contributed by atoms with E-state index in [1.165, 1.54) is 17.7 Å². The molecule has 0 aromatic heterocycles. The average Bonchev–Trinajstić information content (AvgIpc) is 2.54. The van der Waals surface area contributed by atoms with Gasteiger partial charge >= 0.3 is 0 Å². The van der Waals surface area contributed by atoms with Gasteiger partial charge in [0, 0.05) is 6.07 Å². The summed E-state index contributed by atoms with van der Waals surface area (Å²) in [6, 6.07) is 12.6. The van der Waals surface area contributed by atoms with Crippen molar-refractivity contribution >= 4 is 11.9 Å². The third kappa shape index (κ3) is 5.13. The molecule has 24 heavy (non-hydrogen) atoms. The number of aryl methyl sites for hydroxylation is 1. The second-order valence-corrected chi connectivity index (χ2v) is 5.88. The zero-order valence-electron chi connectivity index (χ0n) is 14.2. The smallest absolute Gasteiger partial charge is 0.189 e. The Morgan fingerprint density at radius 2 is 1.83 bits per heavy atom. The predicted molar refractivity (Wildman–Crippen MR) is 97.6 cm³/mol. The number of aromatic hydroxyl groups is 1. The Labute approximate surface area is 142 Å². The zero-order chi connectivity index (χ0) is 17.5. The van der Waals surface area contributed by atoms with Crippen LogP contribution in [0.1, 0.15) is 35.3 Å². The van der Waals surface area contributed by atoms with Crippen molar-refractivity contribution in [2.45, 2.75) is 20.8 Å². The maximum Gasteiger partial charge on any atom is 0.189 e. The number of benzene rings is 2. The molecule has 0 atom stereocenters. The van der Waals surface area contributed by atoms with Crippen LogP contribution in [-0.2, 0) is 0 Å². The van der Waals surface area contributed by atoms with Crippen LogP contribution in [-0.4, -0.2) is 17.5 Å². The van der Waals surface area contributed by atoms with Gasteiger partial charge in [0.1, 0.15) is 18.1 Å². The van der Waals surface area contributed by atoms with Crippen LogP contribution in [0.25, 0.3) is 6.08 Å². The SMILES string of the molecule is CC(C)=CCOc1ccc(C(=O)/C=C/c2ccc(C)cc2)c(O)c1. The number of ether oxygens (including phenoxy) is 1. The second kappa shape index (κ2) is 8.16. The van der Waals surface area contributed by atoms with Gasteiger partial charge in [-0.3, -0.25) is 4.79 Å². The lowest BCUT2D eigenvalue weighted by Gasteiger charge is -2.06. The van der Waals surface area contributed by atoms with Crippen molar-refractivity contribution in [2.75, 3.05) is 6.61 Å². The molecule has 1 N–H and O–H groups in total. The maximum atomic E-state index is 12.2. The normalized spacial score (nSPS) is 10.6. The van der Waals surface area contributed by atoms with Gasteiger partial charge in [0.05, 0.1) is 5.56 Å². The first-order chi connectivity index (χ1) is 11.5. The molecule has 0 fully saturated rings. The Balaban J connectivity index is 2.06. The Bertz CT molecular complexity index is 764. The molecule has 0 saturated carbocycles. The molecule has 0 aliphatic carbocycles. The monoisotopic (exact) mass is 322 g/mol. The second-order valence-electron chi connectivity index (χ2n) is 5.88. The van der Waals surface area contributed by atoms with E-state index in [1.807, 2.05) is 51.1 Å². The van der Waals surface area contributed by atoms with E-state index in [4.69, 9.17) is 4.74 Å². The highest BCUT2D eigenvalue weighted by atomic mass is 16.5. The van der Waals surface area contributed by atoms with E-state index < -0.39 is 0 Å². The summed E-state index contributed by atoms with van der Waals surface area (Å²) in [5.41, 5.74) is 3.52. The summed E-state index contributed by atoms with van der Waals surface area (Å²) in [5, 5.41) is 10.1. The number of phenols is 1. The van der Waals surface area contributed by atoms with Crippen molar-refractivity contribution < 1.29 is 14.6 Å². The lowest BCUT2D eigenvalue weighted by molar-refractivity contribution is 0.104. The van der Waals surface area contributed by atoms with Crippen LogP contribution in [0.4, 0.5) is 0 Å². The standard InChI is InChI=1S/C21H22O3/c1-15(2)12-13-24-18-9-10-19(21(23)14-18)20(22)11-8-17-6-4-16(3)5-7-17/h4-12,14,23H,13H2,1-3H3/b11-8+. The first kappa shape index (κ1) is 17.5. The van der Waals surface area contributed by atoms with E-state index in [0.29, 0.717) is 12.4 Å². The van der Waals surface area contributed by atoms with Crippen molar-refractivity contribution in [2.24, 2.45) is 0 Å². The topological polar surface area (TPSA) is 46.5 Å². The number of allylic oxidation sites excluding steroid dienone is 2. The highest BCUT2D eigenvalue weighted by Crippen LogP contribution is 2.24. The number of carbonyl (C=O) groups excluding carboxylic acids is 1. The highest BCUT2D eigenvalue weighted by Gasteiger charge is 2.09. The van der Waals surface area contributed by atoms with Gasteiger partial charge in [0.25, 0.3) is 0 Å². The van der Waals surface area contributed by atoms with Crippen molar-refractivity contribution in [3.63, 3.8) is 0 Å². The minimum atomic E-state index is -0.246. The molecule has 2 aromatic rings. The molecule has 0 radical (unpaired) electrons. The molecule has 0 heterocycles. The molecular weight excluding hydrogens is 300 g/mol. The van der Waals surface area contributed by atoms with Crippen LogP contribution >= 0.6 is 0 Å². The van der Waals surface area contributed by atoms with Crippen LogP contribution < -0.4 is 4.74 Å². The van der Waals surface area contributed by atoms with Gasteiger partial charge in [-0.05, 0) is 50.6 Å². The molecule has 0 saturated heterocycles. The van der Waals surface area contributed by atoms with Gasteiger partial charge in [-0.15, -0.1) is 0 Å². The first-order valence-corrected chi connectivity index (χ1v) is 7.84. The molecule has 3 heteroatoms. The van der Waals surface area contributed by atoms with E-state index in [2.05, 4.69) is 0 Å². The molecular formula is C21H22O3. The van der Waals surface area contributed by atoms with Crippen LogP contribution in [0, 0.1) is 6.92 Å². The Morgan fingerprint density at radius 1 is 1.12 bits per heavy atom. The van der Waals surface area contributed by atoms with E-state index in [0.717, 1.165) is 11.1 Å². The summed E-state index contributed by atoms with van der Waals surface area (Å²) in [5.74, 6) is 0.205. The minimum absolute atomic E-state index is 0.0803. The lowest BCUT2D eigenvalue weighted by Crippen LogP contribution is -1.98. The maximum absolute atomic E-state index is 12.2. The Kier molecular flexibility index (Phi) is 5.96. The van der Waals surface area contributed by atoms with Gasteiger partial charge in [0.15, 0.2) is 5.78 Å². The fraction of sp³-hybridized carbons (Fsp3) is 0.190. The molecule has 124 valence electrons. The summed E-state index contributed by atoms with van der Waals surface area (Å²) in [4.78, 5) is 12.2. The zero-order valence-corrected chi connectivity index (χ0v) is 14.2. The molecule has 0 unspecified atom stereocenters. The van der Waals surface area contributed by atoms with Gasteiger partial charge in [-0.2, -0.15) is 0 Å². The lowest BCUT2D eigenvalue weighted by atomic mass is 10.1. The number of rotatable bonds is 6. The van der Waals surface area contributed by atoms with Crippen molar-refractivity contribution in [3.8, 4) is 11.5 Å². The Morgan fingerprint density at radius 3 is 2.46 bits per heavy atom. The van der Waals surface area contributed by atoms with E-state index in [9.17, 15) is 9.90 Å². The fourth-order valence-corrected chi connectivity index (χ4v) is 2.05. The van der Waals surface area contributed by atoms with Gasteiger partial charge < -0.3 is 9.84 Å². The summed E-state index contributed by atoms with van der Waals surface area (Å²) < 4.78 is 5.51. The number of hydrogen-bond acceptors (Lipinski definition) is 3. The van der Waals surface area contributed by atoms with E-state index in [1.54, 1.807) is 18.2 Å². The molecule has 2 aromatic carbocycles. The largest absolute Gasteiger partial charge is 0.507 e. The molecule has 0 aliphatic heterocycles. The molecule has 0 aliphatic rings. The fourth-order valence-electron chi connectivity index (χ4n) is 2.05. The van der Waals surface area contributed by atoms with Gasteiger partial charge in [0.2, 0.25) is 0 Å². The van der Waals surface area contributed by atoms with Crippen molar-refractivity contribution in [1.82, 2.24) is 0 Å². The summed E-state index contributed by atoms with van der Waals surface area (Å²) in [7, 11) is 0. The number of hydrogen-bond donors (Lipinski definition) is 1. The van der Waals surface area contributed by atoms with Crippen LogP contribution in [0.3, 0.4) is 0 Å². The Hall–Kier alpha value is -2.81. The first-order valence-electron chi connectivity index (χ1n) is 7.84. The molecule has 0 amide bonds. The minimum Gasteiger partial charge on any atom is -0.507 e. The van der Waals surface area contributed by atoms with Crippen LogP contribution in [0.15, 0.2) is 60.2 Å². The highest BCUT2D eigenvalue weighted by molar-refractivity contribution is 6.08. The number of phenolic OH excluding ortho intramolecular Hbond substituents is 1. The molecule has 3 nitrogen and oxygen atoms in total. The van der Waals surface area contributed by atoms with Crippen molar-refractivity contribution in [3.05, 3.63) is 76.9 Å². The van der Waals surface area contributed by atoms with Crippen LogP contribution in [0.5, 0.6) is 11.5 Å².